The van der Waals surface area contributed by atoms with Crippen molar-refractivity contribution in [3.8, 4) is 0 Å². The maximum atomic E-state index is 13.0. The van der Waals surface area contributed by atoms with E-state index >= 15 is 0 Å². The van der Waals surface area contributed by atoms with Crippen molar-refractivity contribution in [2.45, 2.75) is 39.5 Å². The maximum Gasteiger partial charge on any atom is 0.292 e. The molecule has 1 heterocycles. The fraction of sp³-hybridized carbons (Fsp3) is 0.409. The summed E-state index contributed by atoms with van der Waals surface area (Å²) in [6.45, 7) is 6.21. The first-order chi connectivity index (χ1) is 12.9. The number of benzene rings is 1. The van der Waals surface area contributed by atoms with E-state index in [0.29, 0.717) is 23.3 Å². The van der Waals surface area contributed by atoms with Crippen molar-refractivity contribution in [2.75, 3.05) is 11.1 Å². The lowest BCUT2D eigenvalue weighted by Gasteiger charge is -2.38. The molecule has 142 valence electrons. The molecule has 5 heteroatoms. The van der Waals surface area contributed by atoms with Crippen LogP contribution in [0.5, 0.6) is 0 Å². The third-order valence-corrected chi connectivity index (χ3v) is 5.87. The summed E-state index contributed by atoms with van der Waals surface area (Å²) in [6.07, 6.45) is 3.12. The van der Waals surface area contributed by atoms with Gasteiger partial charge >= 0.3 is 0 Å². The molecular weight excluding hydrogens is 338 g/mol. The van der Waals surface area contributed by atoms with Gasteiger partial charge < -0.3 is 11.1 Å². The van der Waals surface area contributed by atoms with Gasteiger partial charge in [-0.05, 0) is 54.7 Å². The Hall–Kier alpha value is -2.69. The number of nitrogens with one attached hydrogen (secondary N) is 1. The van der Waals surface area contributed by atoms with Gasteiger partial charge in [-0.15, -0.1) is 0 Å². The van der Waals surface area contributed by atoms with Crippen LogP contribution in [-0.2, 0) is 9.59 Å². The van der Waals surface area contributed by atoms with Crippen molar-refractivity contribution >= 4 is 23.2 Å². The minimum absolute atomic E-state index is 0.0712. The van der Waals surface area contributed by atoms with Crippen LogP contribution in [0.25, 0.3) is 0 Å². The van der Waals surface area contributed by atoms with Crippen LogP contribution in [0, 0.1) is 24.7 Å². The molecule has 27 heavy (non-hydrogen) atoms. The van der Waals surface area contributed by atoms with Crippen molar-refractivity contribution in [3.63, 3.8) is 0 Å². The summed E-state index contributed by atoms with van der Waals surface area (Å²) < 4.78 is 0. The molecule has 0 saturated heterocycles. The minimum Gasteiger partial charge on any atom is -0.383 e. The molecule has 1 aliphatic carbocycles. The number of nitrogens with two attached hydrogens (primary N) is 1. The Morgan fingerprint density at radius 2 is 1.78 bits per heavy atom. The van der Waals surface area contributed by atoms with Gasteiger partial charge in [0.25, 0.3) is 5.91 Å². The number of amides is 1. The number of hydrogen-bond acceptors (Lipinski definition) is 4. The van der Waals surface area contributed by atoms with Crippen molar-refractivity contribution in [2.24, 2.45) is 17.8 Å². The zero-order chi connectivity index (χ0) is 19.6. The molecule has 1 fully saturated rings. The van der Waals surface area contributed by atoms with Crippen LogP contribution in [0.4, 0.5) is 11.5 Å². The predicted molar refractivity (Wildman–Crippen MR) is 107 cm³/mol. The number of carbonyl (C=O) groups is 2. The second-order valence-corrected chi connectivity index (χ2v) is 7.79. The zero-order valence-electron chi connectivity index (χ0n) is 16.1. The Balaban J connectivity index is 1.81. The van der Waals surface area contributed by atoms with Crippen LogP contribution in [0.15, 0.2) is 42.6 Å². The average molecular weight is 365 g/mol. The van der Waals surface area contributed by atoms with Gasteiger partial charge in [0.2, 0.25) is 5.78 Å². The number of aryl methyl sites for hydroxylation is 1. The second-order valence-electron chi connectivity index (χ2n) is 7.79. The molecule has 1 aliphatic rings. The molecule has 2 aromatic rings. The molecule has 3 N–H and O–H groups in total. The summed E-state index contributed by atoms with van der Waals surface area (Å²) in [5.74, 6) is 0.186. The summed E-state index contributed by atoms with van der Waals surface area (Å²) in [5, 5.41) is 2.70. The lowest BCUT2D eigenvalue weighted by atomic mass is 9.66. The molecule has 1 unspecified atom stereocenters. The zero-order valence-corrected chi connectivity index (χ0v) is 16.1. The van der Waals surface area contributed by atoms with E-state index in [1.54, 1.807) is 6.07 Å². The van der Waals surface area contributed by atoms with Gasteiger partial charge in [0.15, 0.2) is 0 Å². The molecule has 1 aromatic carbocycles. The van der Waals surface area contributed by atoms with Gasteiger partial charge in [0, 0.05) is 5.92 Å². The lowest BCUT2D eigenvalue weighted by molar-refractivity contribution is -0.139. The van der Waals surface area contributed by atoms with Crippen LogP contribution >= 0.6 is 0 Å². The van der Waals surface area contributed by atoms with Crippen LogP contribution in [-0.4, -0.2) is 16.7 Å². The fourth-order valence-corrected chi connectivity index (χ4v) is 3.97. The average Bonchev–Trinajstić information content (AvgIpc) is 2.66. The number of aromatic nitrogens is 1. The van der Waals surface area contributed by atoms with E-state index in [1.165, 1.54) is 6.20 Å². The highest BCUT2D eigenvalue weighted by molar-refractivity contribution is 6.41. The fourth-order valence-electron chi connectivity index (χ4n) is 3.97. The third kappa shape index (κ3) is 4.18. The lowest BCUT2D eigenvalue weighted by Crippen LogP contribution is -2.38. The second kappa shape index (κ2) is 7.91. The molecule has 3 rings (SSSR count). The van der Waals surface area contributed by atoms with E-state index in [2.05, 4.69) is 36.3 Å². The smallest absolute Gasteiger partial charge is 0.292 e. The Morgan fingerprint density at radius 3 is 2.44 bits per heavy atom. The molecule has 1 saturated carbocycles. The SMILES string of the molecule is Cc1cc(NC(=O)C(=O)C2C[C@H](C)[C@@H](C)C[C@H]2c2ccccc2)cnc1N. The highest BCUT2D eigenvalue weighted by Gasteiger charge is 2.40. The maximum absolute atomic E-state index is 13.0. The van der Waals surface area contributed by atoms with Crippen molar-refractivity contribution in [3.05, 3.63) is 53.7 Å². The molecule has 0 bridgehead atoms. The van der Waals surface area contributed by atoms with Gasteiger partial charge in [-0.3, -0.25) is 9.59 Å². The third-order valence-electron chi connectivity index (χ3n) is 5.87. The van der Waals surface area contributed by atoms with Crippen LogP contribution in [0.1, 0.15) is 43.7 Å². The summed E-state index contributed by atoms with van der Waals surface area (Å²) in [4.78, 5) is 29.7. The predicted octanol–water partition coefficient (Wildman–Crippen LogP) is 3.95. The summed E-state index contributed by atoms with van der Waals surface area (Å²) in [5.41, 5.74) is 8.11. The van der Waals surface area contributed by atoms with E-state index in [9.17, 15) is 9.59 Å². The van der Waals surface area contributed by atoms with Crippen LogP contribution in [0.2, 0.25) is 0 Å². The number of carbonyl (C=O) groups excluding carboxylic acids is 2. The van der Waals surface area contributed by atoms with Gasteiger partial charge in [0.1, 0.15) is 5.82 Å². The first-order valence-electron chi connectivity index (χ1n) is 9.49. The van der Waals surface area contributed by atoms with Gasteiger partial charge in [-0.2, -0.15) is 0 Å². The van der Waals surface area contributed by atoms with Crippen molar-refractivity contribution in [1.82, 2.24) is 4.98 Å². The standard InChI is InChI=1S/C22H27N3O2/c1-13-10-18(16-7-5-4-6-8-16)19(11-14(13)2)20(26)22(27)25-17-9-15(3)21(23)24-12-17/h4-9,12-14,18-19H,10-11H2,1-3H3,(H2,23,24)(H,25,27)/t13-,14-,18-,19?/m0/s1. The number of nitrogens with zero attached hydrogens (tertiary/aromatic N) is 1. The van der Waals surface area contributed by atoms with E-state index in [4.69, 9.17) is 5.73 Å². The normalized spacial score (nSPS) is 25.0. The van der Waals surface area contributed by atoms with Gasteiger partial charge in [-0.1, -0.05) is 44.2 Å². The first kappa shape index (κ1) is 19.1. The number of rotatable bonds is 4. The number of nitrogen functional groups attached to an aromatic ring is 1. The van der Waals surface area contributed by atoms with E-state index < -0.39 is 5.91 Å². The Labute approximate surface area is 160 Å². The molecule has 5 nitrogen and oxygen atoms in total. The van der Waals surface area contributed by atoms with Gasteiger partial charge in [-0.25, -0.2) is 4.98 Å². The Kier molecular flexibility index (Phi) is 5.59. The quantitative estimate of drug-likeness (QED) is 0.804. The number of anilines is 2. The minimum atomic E-state index is -0.575. The highest BCUT2D eigenvalue weighted by Crippen LogP contribution is 2.43. The highest BCUT2D eigenvalue weighted by atomic mass is 16.2. The Bertz CT molecular complexity index is 835. The monoisotopic (exact) mass is 365 g/mol. The number of ketones is 1. The van der Waals surface area contributed by atoms with Crippen LogP contribution in [0.3, 0.4) is 0 Å². The molecular formula is C22H27N3O2. The topological polar surface area (TPSA) is 85.1 Å². The first-order valence-corrected chi connectivity index (χ1v) is 9.49. The Morgan fingerprint density at radius 1 is 1.11 bits per heavy atom. The van der Waals surface area contributed by atoms with Crippen LogP contribution < -0.4 is 11.1 Å². The molecule has 1 amide bonds. The summed E-state index contributed by atoms with van der Waals surface area (Å²) >= 11 is 0. The van der Waals surface area contributed by atoms with Gasteiger partial charge in [0.05, 0.1) is 11.9 Å². The molecule has 0 radical (unpaired) electrons. The molecule has 0 aliphatic heterocycles. The van der Waals surface area contributed by atoms with Crippen molar-refractivity contribution in [1.29, 1.82) is 0 Å². The molecule has 0 spiro atoms. The summed E-state index contributed by atoms with van der Waals surface area (Å²) in [6, 6.07) is 11.8. The molecule has 1 aromatic heterocycles. The van der Waals surface area contributed by atoms with Crippen molar-refractivity contribution < 1.29 is 9.59 Å². The number of pyridine rings is 1. The number of Topliss-reactive ketones (excluding diaryl/α,β-unsaturated/α-hetero) is 1. The van der Waals surface area contributed by atoms with E-state index in [-0.39, 0.29) is 17.6 Å². The summed E-state index contributed by atoms with van der Waals surface area (Å²) in [7, 11) is 0. The van der Waals surface area contributed by atoms with E-state index in [0.717, 1.165) is 24.0 Å². The van der Waals surface area contributed by atoms with E-state index in [1.807, 2.05) is 25.1 Å². The molecule has 4 atom stereocenters. The number of hydrogen-bond donors (Lipinski definition) is 2. The largest absolute Gasteiger partial charge is 0.383 e.